The van der Waals surface area contributed by atoms with E-state index in [1.54, 1.807) is 0 Å². The topological polar surface area (TPSA) is 83.5 Å². The Kier molecular flexibility index (Phi) is 5.43. The van der Waals surface area contributed by atoms with Crippen LogP contribution in [0.4, 0.5) is 17.6 Å². The summed E-state index contributed by atoms with van der Waals surface area (Å²) in [5.74, 6) is -7.49. The molecule has 2 aromatic rings. The van der Waals surface area contributed by atoms with Gasteiger partial charge in [0.25, 0.3) is 0 Å². The first kappa shape index (κ1) is 18.9. The monoisotopic (exact) mass is 377 g/mol. The van der Waals surface area contributed by atoms with Crippen molar-refractivity contribution in [3.05, 3.63) is 65.2 Å². The van der Waals surface area contributed by atoms with Crippen LogP contribution in [0.2, 0.25) is 0 Å². The Balaban J connectivity index is 2.42. The number of nitrogens with one attached hydrogen (secondary N) is 1. The van der Waals surface area contributed by atoms with E-state index >= 15 is 0 Å². The second-order valence-corrected chi connectivity index (χ2v) is 6.68. The van der Waals surface area contributed by atoms with E-state index in [9.17, 15) is 30.8 Å². The molecule has 0 spiro atoms. The van der Waals surface area contributed by atoms with Gasteiger partial charge in [-0.25, -0.2) is 30.7 Å². The van der Waals surface area contributed by atoms with E-state index in [0.29, 0.717) is 12.1 Å². The highest BCUT2D eigenvalue weighted by atomic mass is 32.2. The summed E-state index contributed by atoms with van der Waals surface area (Å²) in [5, 5.41) is 8.91. The molecule has 0 aliphatic carbocycles. The van der Waals surface area contributed by atoms with Gasteiger partial charge in [-0.05, 0) is 29.8 Å². The summed E-state index contributed by atoms with van der Waals surface area (Å²) in [6, 6.07) is 3.82. The summed E-state index contributed by atoms with van der Waals surface area (Å²) in [6.07, 6.45) is -0.740. The average Bonchev–Trinajstić information content (AvgIpc) is 2.51. The number of carbonyl (C=O) groups is 1. The number of hydrogen-bond donors (Lipinski definition) is 2. The number of halogens is 4. The molecule has 0 aromatic heterocycles. The molecule has 5 nitrogen and oxygen atoms in total. The van der Waals surface area contributed by atoms with Gasteiger partial charge in [0.05, 0.1) is 12.5 Å². The molecular weight excluding hydrogens is 366 g/mol. The Bertz CT molecular complexity index is 900. The maximum Gasteiger partial charge on any atom is 0.305 e. The number of aliphatic carboxylic acids is 1. The molecule has 0 unspecified atom stereocenters. The Hall–Kier alpha value is -2.46. The molecule has 0 heterocycles. The Morgan fingerprint density at radius 1 is 1.00 bits per heavy atom. The first-order valence-corrected chi connectivity index (χ1v) is 8.23. The number of benzene rings is 2. The molecule has 0 aliphatic heterocycles. The van der Waals surface area contributed by atoms with Gasteiger partial charge in [-0.2, -0.15) is 0 Å². The van der Waals surface area contributed by atoms with Crippen LogP contribution in [0.1, 0.15) is 18.0 Å². The van der Waals surface area contributed by atoms with Crippen molar-refractivity contribution in [2.24, 2.45) is 0 Å². The van der Waals surface area contributed by atoms with Gasteiger partial charge in [0.2, 0.25) is 10.0 Å². The van der Waals surface area contributed by atoms with Crippen molar-refractivity contribution in [3.8, 4) is 0 Å². The zero-order chi connectivity index (χ0) is 18.8. The third-order valence-electron chi connectivity index (χ3n) is 3.24. The van der Waals surface area contributed by atoms with Crippen LogP contribution in [-0.2, 0) is 14.8 Å². The van der Waals surface area contributed by atoms with Crippen LogP contribution in [0.3, 0.4) is 0 Å². The summed E-state index contributed by atoms with van der Waals surface area (Å²) in [4.78, 5) is 9.77. The maximum atomic E-state index is 13.7. The van der Waals surface area contributed by atoms with Crippen molar-refractivity contribution < 1.29 is 35.9 Å². The molecule has 0 aliphatic rings. The molecule has 25 heavy (non-hydrogen) atoms. The van der Waals surface area contributed by atoms with Gasteiger partial charge in [0.1, 0.15) is 10.7 Å². The van der Waals surface area contributed by atoms with Crippen LogP contribution in [0.25, 0.3) is 0 Å². The van der Waals surface area contributed by atoms with Gasteiger partial charge < -0.3 is 5.11 Å². The molecule has 1 atom stereocenters. The highest BCUT2D eigenvalue weighted by Crippen LogP contribution is 2.24. The Morgan fingerprint density at radius 3 is 2.16 bits per heavy atom. The van der Waals surface area contributed by atoms with Gasteiger partial charge in [-0.3, -0.25) is 4.79 Å². The molecule has 2 N–H and O–H groups in total. The summed E-state index contributed by atoms with van der Waals surface area (Å²) < 4.78 is 79.3. The Labute approximate surface area is 140 Å². The van der Waals surface area contributed by atoms with E-state index in [0.717, 1.165) is 24.3 Å². The normalized spacial score (nSPS) is 12.8. The van der Waals surface area contributed by atoms with Gasteiger partial charge in [0.15, 0.2) is 17.5 Å². The molecule has 0 amide bonds. The van der Waals surface area contributed by atoms with Crippen molar-refractivity contribution >= 4 is 16.0 Å². The van der Waals surface area contributed by atoms with E-state index in [-0.39, 0.29) is 5.56 Å². The van der Waals surface area contributed by atoms with E-state index in [2.05, 4.69) is 0 Å². The van der Waals surface area contributed by atoms with Crippen molar-refractivity contribution in [1.82, 2.24) is 4.72 Å². The number of rotatable bonds is 6. The summed E-state index contributed by atoms with van der Waals surface area (Å²) in [6.45, 7) is 0. The van der Waals surface area contributed by atoms with Crippen molar-refractivity contribution in [1.29, 1.82) is 0 Å². The number of carboxylic acid groups (broad SMARTS) is 1. The van der Waals surface area contributed by atoms with Crippen molar-refractivity contribution in [3.63, 3.8) is 0 Å². The van der Waals surface area contributed by atoms with Crippen LogP contribution in [0, 0.1) is 23.3 Å². The van der Waals surface area contributed by atoms with E-state index < -0.39 is 56.6 Å². The molecule has 0 saturated heterocycles. The van der Waals surface area contributed by atoms with Crippen molar-refractivity contribution in [2.45, 2.75) is 17.4 Å². The Morgan fingerprint density at radius 2 is 1.60 bits per heavy atom. The molecule has 0 fully saturated rings. The molecule has 0 bridgehead atoms. The van der Waals surface area contributed by atoms with E-state index in [4.69, 9.17) is 5.11 Å². The predicted octanol–water partition coefficient (Wildman–Crippen LogP) is 2.74. The predicted molar refractivity (Wildman–Crippen MR) is 78.0 cm³/mol. The molecule has 2 rings (SSSR count). The van der Waals surface area contributed by atoms with Gasteiger partial charge >= 0.3 is 5.97 Å². The van der Waals surface area contributed by atoms with Gasteiger partial charge in [-0.15, -0.1) is 0 Å². The maximum absolute atomic E-state index is 13.7. The minimum Gasteiger partial charge on any atom is -0.481 e. The lowest BCUT2D eigenvalue weighted by atomic mass is 10.1. The highest BCUT2D eigenvalue weighted by Gasteiger charge is 2.28. The zero-order valence-corrected chi connectivity index (χ0v) is 13.2. The fourth-order valence-corrected chi connectivity index (χ4v) is 3.36. The van der Waals surface area contributed by atoms with Crippen LogP contribution in [-0.4, -0.2) is 19.5 Å². The third-order valence-corrected chi connectivity index (χ3v) is 4.73. The third kappa shape index (κ3) is 4.34. The summed E-state index contributed by atoms with van der Waals surface area (Å²) >= 11 is 0. The van der Waals surface area contributed by atoms with Crippen LogP contribution < -0.4 is 4.72 Å². The lowest BCUT2D eigenvalue weighted by Crippen LogP contribution is -2.31. The van der Waals surface area contributed by atoms with Crippen LogP contribution in [0.15, 0.2) is 41.3 Å². The minimum atomic E-state index is -4.72. The van der Waals surface area contributed by atoms with E-state index in [1.807, 2.05) is 4.72 Å². The largest absolute Gasteiger partial charge is 0.481 e. The number of hydrogen-bond acceptors (Lipinski definition) is 3. The quantitative estimate of drug-likeness (QED) is 0.599. The van der Waals surface area contributed by atoms with Crippen molar-refractivity contribution in [2.75, 3.05) is 0 Å². The minimum absolute atomic E-state index is 0.0929. The van der Waals surface area contributed by atoms with E-state index in [1.165, 1.54) is 0 Å². The van der Waals surface area contributed by atoms with Crippen LogP contribution in [0.5, 0.6) is 0 Å². The fraction of sp³-hybridized carbons (Fsp3) is 0.133. The fourth-order valence-electron chi connectivity index (χ4n) is 2.06. The molecule has 10 heteroatoms. The smallest absolute Gasteiger partial charge is 0.305 e. The highest BCUT2D eigenvalue weighted by molar-refractivity contribution is 7.89. The number of carboxylic acids is 1. The SMILES string of the molecule is O=C(O)C[C@@H](NS(=O)(=O)c1ccc(F)c(F)c1F)c1ccc(F)cc1. The molecule has 0 radical (unpaired) electrons. The lowest BCUT2D eigenvalue weighted by molar-refractivity contribution is -0.137. The second kappa shape index (κ2) is 7.19. The van der Waals surface area contributed by atoms with Crippen LogP contribution >= 0.6 is 0 Å². The summed E-state index contributed by atoms with van der Waals surface area (Å²) in [5.41, 5.74) is 0.0929. The summed E-state index contributed by atoms with van der Waals surface area (Å²) in [7, 11) is -4.72. The zero-order valence-electron chi connectivity index (χ0n) is 12.3. The van der Waals surface area contributed by atoms with Gasteiger partial charge in [0, 0.05) is 0 Å². The second-order valence-electron chi connectivity index (χ2n) is 5.00. The molecular formula is C15H11F4NO4S. The number of sulfonamides is 1. The molecule has 0 saturated carbocycles. The van der Waals surface area contributed by atoms with Gasteiger partial charge in [-0.1, -0.05) is 12.1 Å². The molecule has 2 aromatic carbocycles. The first-order chi connectivity index (χ1) is 11.6. The lowest BCUT2D eigenvalue weighted by Gasteiger charge is -2.18. The molecule has 134 valence electrons. The first-order valence-electron chi connectivity index (χ1n) is 6.75. The average molecular weight is 377 g/mol. The standard InChI is InChI=1S/C15H11F4NO4S/c16-9-3-1-8(2-4-9)11(7-13(21)22)20-25(23,24)12-6-5-10(17)14(18)15(12)19/h1-6,11,20H,7H2,(H,21,22)/t11-/m1/s1.